The fraction of sp³-hybridized carbons (Fsp3) is 1.00. The van der Waals surface area contributed by atoms with Crippen molar-refractivity contribution < 1.29 is 5.21 Å². The molecule has 1 aliphatic carbocycles. The topological polar surface area (TPSA) is 34.9 Å². The SMILES string of the molecule is CCC1(CN[OH2+])CC1. The Kier molecular flexibility index (Phi) is 1.54. The van der Waals surface area contributed by atoms with Gasteiger partial charge in [0, 0.05) is 0 Å². The first-order valence-electron chi connectivity index (χ1n) is 3.22. The van der Waals surface area contributed by atoms with Gasteiger partial charge in [-0.25, -0.2) is 0 Å². The van der Waals surface area contributed by atoms with Gasteiger partial charge in [-0.15, -0.1) is 0 Å². The minimum atomic E-state index is 0.543. The Morgan fingerprint density at radius 1 is 1.62 bits per heavy atom. The standard InChI is InChI=1S/C6H13NO/c1-2-6(3-4-6)5-7-8/h7-8H,2-5H2,1H3/p+1. The summed E-state index contributed by atoms with van der Waals surface area (Å²) in [6.07, 6.45) is 3.89. The molecule has 0 radical (unpaired) electrons. The number of hydrogen-bond acceptors (Lipinski definition) is 1. The molecule has 0 atom stereocenters. The van der Waals surface area contributed by atoms with Crippen LogP contribution in [-0.4, -0.2) is 11.8 Å². The van der Waals surface area contributed by atoms with E-state index in [9.17, 15) is 0 Å². The van der Waals surface area contributed by atoms with E-state index in [2.05, 4.69) is 12.4 Å². The minimum Gasteiger partial charge on any atom is -0.341 e. The maximum absolute atomic E-state index is 6.75. The van der Waals surface area contributed by atoms with Crippen molar-refractivity contribution in [1.82, 2.24) is 5.48 Å². The summed E-state index contributed by atoms with van der Waals surface area (Å²) in [5.41, 5.74) is 3.01. The number of hydroxylamine groups is 1. The summed E-state index contributed by atoms with van der Waals surface area (Å²) in [7, 11) is 0. The zero-order valence-electron chi connectivity index (χ0n) is 5.33. The summed E-state index contributed by atoms with van der Waals surface area (Å²) in [6, 6.07) is 0. The van der Waals surface area contributed by atoms with Gasteiger partial charge < -0.3 is 5.21 Å². The molecule has 0 unspecified atom stereocenters. The average Bonchev–Trinajstić information content (AvgIpc) is 2.50. The molecule has 1 saturated carbocycles. The van der Waals surface area contributed by atoms with Crippen molar-refractivity contribution >= 4 is 0 Å². The lowest BCUT2D eigenvalue weighted by Crippen LogP contribution is -2.19. The average molecular weight is 116 g/mol. The number of hydrogen-bond donors (Lipinski definition) is 1. The summed E-state index contributed by atoms with van der Waals surface area (Å²) in [6.45, 7) is 3.09. The highest BCUT2D eigenvalue weighted by Gasteiger charge is 2.40. The molecule has 0 saturated heterocycles. The van der Waals surface area contributed by atoms with Crippen molar-refractivity contribution in [1.29, 1.82) is 0 Å². The minimum absolute atomic E-state index is 0.543. The van der Waals surface area contributed by atoms with Crippen LogP contribution in [0.25, 0.3) is 0 Å². The molecule has 2 heteroatoms. The third-order valence-corrected chi connectivity index (χ3v) is 2.17. The largest absolute Gasteiger partial charge is 0.341 e. The molecule has 0 aliphatic heterocycles. The Morgan fingerprint density at radius 2 is 2.25 bits per heavy atom. The van der Waals surface area contributed by atoms with Gasteiger partial charge in [-0.2, -0.15) is 0 Å². The van der Waals surface area contributed by atoms with Gasteiger partial charge >= 0.3 is 0 Å². The van der Waals surface area contributed by atoms with Crippen molar-refractivity contribution in [3.05, 3.63) is 0 Å². The van der Waals surface area contributed by atoms with Crippen molar-refractivity contribution in [3.63, 3.8) is 0 Å². The van der Waals surface area contributed by atoms with Crippen molar-refractivity contribution in [2.75, 3.05) is 6.54 Å². The first-order chi connectivity index (χ1) is 3.83. The molecule has 0 amide bonds. The van der Waals surface area contributed by atoms with Gasteiger partial charge in [-0.1, -0.05) is 12.4 Å². The van der Waals surface area contributed by atoms with E-state index in [0.717, 1.165) is 6.54 Å². The van der Waals surface area contributed by atoms with Crippen molar-refractivity contribution in [2.24, 2.45) is 5.41 Å². The molecule has 1 rings (SSSR count). The summed E-state index contributed by atoms with van der Waals surface area (Å²) < 4.78 is 0. The van der Waals surface area contributed by atoms with Gasteiger partial charge in [0.05, 0.1) is 6.54 Å². The molecule has 8 heavy (non-hydrogen) atoms. The molecule has 0 heterocycles. The molecular formula is C6H14NO+. The van der Waals surface area contributed by atoms with Crippen LogP contribution in [0.5, 0.6) is 0 Å². The lowest BCUT2D eigenvalue weighted by molar-refractivity contribution is 0.142. The molecule has 0 aromatic heterocycles. The van der Waals surface area contributed by atoms with Gasteiger partial charge in [0.2, 0.25) is 0 Å². The lowest BCUT2D eigenvalue weighted by Gasteiger charge is -2.05. The first kappa shape index (κ1) is 6.05. The summed E-state index contributed by atoms with van der Waals surface area (Å²) in [4.78, 5) is 0. The van der Waals surface area contributed by atoms with Crippen LogP contribution in [0.2, 0.25) is 0 Å². The smallest absolute Gasteiger partial charge is 0.0692 e. The van der Waals surface area contributed by atoms with Gasteiger partial charge in [-0.05, 0) is 24.7 Å². The molecule has 2 nitrogen and oxygen atoms in total. The fourth-order valence-corrected chi connectivity index (χ4v) is 1.02. The van der Waals surface area contributed by atoms with E-state index in [0.29, 0.717) is 5.41 Å². The van der Waals surface area contributed by atoms with Crippen LogP contribution in [0.15, 0.2) is 0 Å². The van der Waals surface area contributed by atoms with E-state index in [-0.39, 0.29) is 0 Å². The van der Waals surface area contributed by atoms with Crippen LogP contribution < -0.4 is 5.48 Å². The van der Waals surface area contributed by atoms with Gasteiger partial charge in [0.1, 0.15) is 0 Å². The van der Waals surface area contributed by atoms with E-state index in [1.165, 1.54) is 19.3 Å². The first-order valence-corrected chi connectivity index (χ1v) is 3.22. The highest BCUT2D eigenvalue weighted by Crippen LogP contribution is 2.47. The Hall–Kier alpha value is -0.0800. The Labute approximate surface area is 49.9 Å². The molecule has 0 spiro atoms. The molecular weight excluding hydrogens is 102 g/mol. The van der Waals surface area contributed by atoms with Gasteiger partial charge in [0.25, 0.3) is 0 Å². The van der Waals surface area contributed by atoms with Gasteiger partial charge in [-0.3, -0.25) is 0 Å². The van der Waals surface area contributed by atoms with E-state index in [1.807, 2.05) is 0 Å². The second-order valence-electron chi connectivity index (χ2n) is 2.71. The summed E-state index contributed by atoms with van der Waals surface area (Å²) in [5.74, 6) is 0. The monoisotopic (exact) mass is 116 g/mol. The Bertz CT molecular complexity index is 78.6. The Balaban J connectivity index is 2.20. The van der Waals surface area contributed by atoms with Crippen LogP contribution in [-0.2, 0) is 0 Å². The zero-order chi connectivity index (χ0) is 6.04. The van der Waals surface area contributed by atoms with E-state index >= 15 is 0 Å². The fourth-order valence-electron chi connectivity index (χ4n) is 1.02. The number of nitrogens with one attached hydrogen (secondary N) is 1. The lowest BCUT2D eigenvalue weighted by atomic mass is 10.1. The highest BCUT2D eigenvalue weighted by molar-refractivity contribution is 4.92. The third-order valence-electron chi connectivity index (χ3n) is 2.17. The van der Waals surface area contributed by atoms with Crippen molar-refractivity contribution in [3.8, 4) is 0 Å². The van der Waals surface area contributed by atoms with E-state index in [4.69, 9.17) is 5.21 Å². The summed E-state index contributed by atoms with van der Waals surface area (Å²) in [5, 5.41) is 6.75. The molecule has 0 aromatic carbocycles. The molecule has 0 bridgehead atoms. The van der Waals surface area contributed by atoms with E-state index in [1.54, 1.807) is 0 Å². The highest BCUT2D eigenvalue weighted by atomic mass is 16.5. The maximum Gasteiger partial charge on any atom is 0.0692 e. The second kappa shape index (κ2) is 2.03. The maximum atomic E-state index is 6.75. The predicted molar refractivity (Wildman–Crippen MR) is 33.6 cm³/mol. The van der Waals surface area contributed by atoms with E-state index < -0.39 is 0 Å². The molecule has 1 aliphatic rings. The number of rotatable bonds is 3. The van der Waals surface area contributed by atoms with Crippen LogP contribution >= 0.6 is 0 Å². The van der Waals surface area contributed by atoms with Crippen LogP contribution in [0.4, 0.5) is 0 Å². The van der Waals surface area contributed by atoms with Crippen LogP contribution in [0, 0.1) is 5.41 Å². The zero-order valence-corrected chi connectivity index (χ0v) is 5.33. The summed E-state index contributed by atoms with van der Waals surface area (Å²) >= 11 is 0. The van der Waals surface area contributed by atoms with Crippen molar-refractivity contribution in [2.45, 2.75) is 26.2 Å². The predicted octanol–water partition coefficient (Wildman–Crippen LogP) is 0.406. The molecule has 48 valence electrons. The van der Waals surface area contributed by atoms with Crippen LogP contribution in [0.3, 0.4) is 0 Å². The third kappa shape index (κ3) is 1.01. The van der Waals surface area contributed by atoms with Crippen LogP contribution in [0.1, 0.15) is 26.2 Å². The van der Waals surface area contributed by atoms with Gasteiger partial charge in [0.15, 0.2) is 0 Å². The Morgan fingerprint density at radius 3 is 2.38 bits per heavy atom. The molecule has 0 aromatic rings. The normalized spacial score (nSPS) is 23.2. The molecule has 1 fully saturated rings. The second-order valence-corrected chi connectivity index (χ2v) is 2.71. The quantitative estimate of drug-likeness (QED) is 0.420. The molecule has 3 N–H and O–H groups in total.